The fourth-order valence-electron chi connectivity index (χ4n) is 1.35. The molecule has 2 aromatic heterocycles. The van der Waals surface area contributed by atoms with Crippen molar-refractivity contribution >= 4 is 0 Å². The zero-order valence-corrected chi connectivity index (χ0v) is 10.2. The van der Waals surface area contributed by atoms with Crippen LogP contribution in [-0.2, 0) is 0 Å². The van der Waals surface area contributed by atoms with Gasteiger partial charge in [0.1, 0.15) is 0 Å². The molecule has 2 rings (SSSR count). The first-order valence-corrected chi connectivity index (χ1v) is 5.48. The van der Waals surface area contributed by atoms with Crippen LogP contribution >= 0.6 is 0 Å². The van der Waals surface area contributed by atoms with Gasteiger partial charge in [-0.3, -0.25) is 4.98 Å². The lowest BCUT2D eigenvalue weighted by Crippen LogP contribution is -2.26. The number of nitrogens with zero attached hydrogens (tertiary/aromatic N) is 3. The standard InChI is InChI=1S/C12H16N4O/c1-12(2,3)9(13)11-15-10(16-17-11)8-4-6-14-7-5-8/h4-7,9H,13H2,1-3H3. The fourth-order valence-corrected chi connectivity index (χ4v) is 1.35. The predicted octanol–water partition coefficient (Wildman–Crippen LogP) is 2.18. The summed E-state index contributed by atoms with van der Waals surface area (Å²) >= 11 is 0. The molecule has 0 spiro atoms. The SMILES string of the molecule is CC(C)(C)C(N)c1nc(-c2ccncc2)no1. The first kappa shape index (κ1) is 11.7. The highest BCUT2D eigenvalue weighted by atomic mass is 16.5. The van der Waals surface area contributed by atoms with Gasteiger partial charge in [-0.2, -0.15) is 4.98 Å². The summed E-state index contributed by atoms with van der Waals surface area (Å²) < 4.78 is 5.20. The molecule has 0 fully saturated rings. The Balaban J connectivity index is 2.28. The topological polar surface area (TPSA) is 77.8 Å². The van der Waals surface area contributed by atoms with Crippen LogP contribution in [0, 0.1) is 5.41 Å². The zero-order chi connectivity index (χ0) is 12.5. The van der Waals surface area contributed by atoms with Gasteiger partial charge in [0.05, 0.1) is 6.04 Å². The quantitative estimate of drug-likeness (QED) is 0.858. The highest BCUT2D eigenvalue weighted by molar-refractivity contribution is 5.52. The number of rotatable bonds is 2. The van der Waals surface area contributed by atoms with E-state index in [1.807, 2.05) is 32.9 Å². The van der Waals surface area contributed by atoms with Crippen LogP contribution in [0.25, 0.3) is 11.4 Å². The number of nitrogens with two attached hydrogens (primary N) is 1. The average Bonchev–Trinajstić information content (AvgIpc) is 2.77. The Morgan fingerprint density at radius 3 is 2.47 bits per heavy atom. The molecular formula is C12H16N4O. The van der Waals surface area contributed by atoms with E-state index in [1.165, 1.54) is 0 Å². The van der Waals surface area contributed by atoms with Crippen LogP contribution in [0.15, 0.2) is 29.0 Å². The Hall–Kier alpha value is -1.75. The lowest BCUT2D eigenvalue weighted by Gasteiger charge is -2.23. The lowest BCUT2D eigenvalue weighted by molar-refractivity contribution is 0.253. The van der Waals surface area contributed by atoms with Crippen LogP contribution in [-0.4, -0.2) is 15.1 Å². The van der Waals surface area contributed by atoms with Gasteiger partial charge >= 0.3 is 0 Å². The molecule has 0 radical (unpaired) electrons. The molecule has 2 N–H and O–H groups in total. The Labute approximate surface area is 100 Å². The van der Waals surface area contributed by atoms with Gasteiger partial charge in [0, 0.05) is 18.0 Å². The molecule has 2 heterocycles. The number of hydrogen-bond donors (Lipinski definition) is 1. The van der Waals surface area contributed by atoms with Crippen molar-refractivity contribution in [2.24, 2.45) is 11.1 Å². The minimum absolute atomic E-state index is 0.109. The Morgan fingerprint density at radius 1 is 1.24 bits per heavy atom. The van der Waals surface area contributed by atoms with Gasteiger partial charge in [-0.25, -0.2) is 0 Å². The van der Waals surface area contributed by atoms with E-state index in [2.05, 4.69) is 15.1 Å². The van der Waals surface area contributed by atoms with Crippen LogP contribution in [0.4, 0.5) is 0 Å². The van der Waals surface area contributed by atoms with Crippen molar-refractivity contribution in [2.75, 3.05) is 0 Å². The molecular weight excluding hydrogens is 216 g/mol. The third-order valence-electron chi connectivity index (χ3n) is 2.58. The smallest absolute Gasteiger partial charge is 0.244 e. The summed E-state index contributed by atoms with van der Waals surface area (Å²) in [6.45, 7) is 6.11. The van der Waals surface area contributed by atoms with Gasteiger partial charge in [0.2, 0.25) is 11.7 Å². The highest BCUT2D eigenvalue weighted by Crippen LogP contribution is 2.30. The second-order valence-electron chi connectivity index (χ2n) is 5.04. The van der Waals surface area contributed by atoms with Crippen molar-refractivity contribution in [2.45, 2.75) is 26.8 Å². The number of hydrogen-bond acceptors (Lipinski definition) is 5. The lowest BCUT2D eigenvalue weighted by atomic mass is 9.87. The molecule has 17 heavy (non-hydrogen) atoms. The fraction of sp³-hybridized carbons (Fsp3) is 0.417. The second-order valence-corrected chi connectivity index (χ2v) is 5.04. The predicted molar refractivity (Wildman–Crippen MR) is 63.9 cm³/mol. The third kappa shape index (κ3) is 2.50. The van der Waals surface area contributed by atoms with Gasteiger partial charge in [-0.05, 0) is 17.5 Å². The molecule has 0 amide bonds. The third-order valence-corrected chi connectivity index (χ3v) is 2.58. The van der Waals surface area contributed by atoms with Gasteiger partial charge in [-0.15, -0.1) is 0 Å². The summed E-state index contributed by atoms with van der Waals surface area (Å²) in [6.07, 6.45) is 3.38. The minimum atomic E-state index is -0.273. The molecule has 1 atom stereocenters. The van der Waals surface area contributed by atoms with E-state index in [9.17, 15) is 0 Å². The summed E-state index contributed by atoms with van der Waals surface area (Å²) in [6, 6.07) is 3.39. The van der Waals surface area contributed by atoms with E-state index in [0.717, 1.165) is 5.56 Å². The van der Waals surface area contributed by atoms with Crippen molar-refractivity contribution in [3.05, 3.63) is 30.4 Å². The highest BCUT2D eigenvalue weighted by Gasteiger charge is 2.27. The molecule has 0 aromatic carbocycles. The van der Waals surface area contributed by atoms with E-state index in [-0.39, 0.29) is 11.5 Å². The van der Waals surface area contributed by atoms with Crippen LogP contribution in [0.2, 0.25) is 0 Å². The number of pyridine rings is 1. The van der Waals surface area contributed by atoms with E-state index >= 15 is 0 Å². The largest absolute Gasteiger partial charge is 0.337 e. The number of aromatic nitrogens is 3. The van der Waals surface area contributed by atoms with Crippen LogP contribution in [0.3, 0.4) is 0 Å². The molecule has 5 nitrogen and oxygen atoms in total. The maximum atomic E-state index is 6.05. The molecule has 0 aliphatic rings. The monoisotopic (exact) mass is 232 g/mol. The van der Waals surface area contributed by atoms with Crippen molar-refractivity contribution in [1.29, 1.82) is 0 Å². The molecule has 0 saturated heterocycles. The molecule has 90 valence electrons. The Bertz CT molecular complexity index is 487. The van der Waals surface area contributed by atoms with Crippen molar-refractivity contribution < 1.29 is 4.52 Å². The van der Waals surface area contributed by atoms with Crippen LogP contribution in [0.1, 0.15) is 32.7 Å². The first-order valence-electron chi connectivity index (χ1n) is 5.48. The molecule has 0 aliphatic heterocycles. The zero-order valence-electron chi connectivity index (χ0n) is 10.2. The van der Waals surface area contributed by atoms with Crippen molar-refractivity contribution in [1.82, 2.24) is 15.1 Å². The summed E-state index contributed by atoms with van der Waals surface area (Å²) in [7, 11) is 0. The second kappa shape index (κ2) is 4.25. The molecule has 0 bridgehead atoms. The Kier molecular flexibility index (Phi) is 2.93. The first-order chi connectivity index (χ1) is 7.98. The Morgan fingerprint density at radius 2 is 1.88 bits per heavy atom. The molecule has 2 aromatic rings. The molecule has 0 aliphatic carbocycles. The van der Waals surface area contributed by atoms with Gasteiger partial charge < -0.3 is 10.3 Å². The minimum Gasteiger partial charge on any atom is -0.337 e. The summed E-state index contributed by atoms with van der Waals surface area (Å²) in [5, 5.41) is 3.93. The van der Waals surface area contributed by atoms with Gasteiger partial charge in [0.15, 0.2) is 0 Å². The molecule has 0 saturated carbocycles. The van der Waals surface area contributed by atoms with E-state index in [0.29, 0.717) is 11.7 Å². The van der Waals surface area contributed by atoms with Crippen molar-refractivity contribution in [3.63, 3.8) is 0 Å². The van der Waals surface area contributed by atoms with Crippen LogP contribution in [0.5, 0.6) is 0 Å². The average molecular weight is 232 g/mol. The summed E-state index contributed by atoms with van der Waals surface area (Å²) in [5.74, 6) is 1.01. The van der Waals surface area contributed by atoms with E-state index in [1.54, 1.807) is 12.4 Å². The van der Waals surface area contributed by atoms with E-state index in [4.69, 9.17) is 10.3 Å². The summed E-state index contributed by atoms with van der Waals surface area (Å²) in [4.78, 5) is 8.26. The van der Waals surface area contributed by atoms with Gasteiger partial charge in [-0.1, -0.05) is 25.9 Å². The molecule has 1 unspecified atom stereocenters. The van der Waals surface area contributed by atoms with Crippen molar-refractivity contribution in [3.8, 4) is 11.4 Å². The van der Waals surface area contributed by atoms with Crippen LogP contribution < -0.4 is 5.73 Å². The molecule has 5 heteroatoms. The maximum absolute atomic E-state index is 6.05. The maximum Gasteiger partial charge on any atom is 0.244 e. The normalized spacial score (nSPS) is 13.6. The van der Waals surface area contributed by atoms with E-state index < -0.39 is 0 Å². The van der Waals surface area contributed by atoms with Gasteiger partial charge in [0.25, 0.3) is 0 Å². The summed E-state index contributed by atoms with van der Waals surface area (Å²) in [5.41, 5.74) is 6.82.